The van der Waals surface area contributed by atoms with E-state index in [4.69, 9.17) is 15.1 Å². The zero-order valence-electron chi connectivity index (χ0n) is 14.3. The van der Waals surface area contributed by atoms with E-state index in [1.54, 1.807) is 23.1 Å². The molecule has 0 fully saturated rings. The van der Waals surface area contributed by atoms with Crippen LogP contribution in [0.3, 0.4) is 0 Å². The van der Waals surface area contributed by atoms with Gasteiger partial charge < -0.3 is 10.2 Å². The van der Waals surface area contributed by atoms with E-state index >= 15 is 0 Å². The normalized spacial score (nSPS) is 14.6. The van der Waals surface area contributed by atoms with Gasteiger partial charge in [0.2, 0.25) is 5.89 Å². The number of benzene rings is 1. The number of thiazole rings is 1. The third-order valence-corrected chi connectivity index (χ3v) is 6.08. The molecule has 0 atom stereocenters. The number of aryl methyl sites for hydroxylation is 1. The first-order chi connectivity index (χ1) is 12.1. The number of anilines is 1. The molecule has 7 heteroatoms. The molecule has 0 amide bonds. The molecule has 0 saturated heterocycles. The third kappa shape index (κ3) is 3.44. The molecule has 1 aliphatic rings. The van der Waals surface area contributed by atoms with Crippen molar-refractivity contribution in [3.63, 3.8) is 0 Å². The zero-order chi connectivity index (χ0) is 17.4. The zero-order valence-corrected chi connectivity index (χ0v) is 15.9. The topological polar surface area (TPSA) is 68.2 Å². The molecule has 0 aliphatic carbocycles. The van der Waals surface area contributed by atoms with Crippen LogP contribution in [0.2, 0.25) is 0 Å². The first kappa shape index (κ1) is 16.6. The lowest BCUT2D eigenvalue weighted by Gasteiger charge is -2.24. The number of nitrogens with two attached hydrogens (primary N) is 1. The van der Waals surface area contributed by atoms with Gasteiger partial charge >= 0.3 is 0 Å². The van der Waals surface area contributed by atoms with Gasteiger partial charge in [0.25, 0.3) is 0 Å². The van der Waals surface area contributed by atoms with Crippen LogP contribution in [0.4, 0.5) is 5.13 Å². The Balaban J connectivity index is 1.51. The molecule has 5 nitrogen and oxygen atoms in total. The summed E-state index contributed by atoms with van der Waals surface area (Å²) in [5.74, 6) is 1.58. The molecule has 4 rings (SSSR count). The Bertz CT molecular complexity index is 885. The Hall–Kier alpha value is -1.83. The van der Waals surface area contributed by atoms with Crippen molar-refractivity contribution in [1.29, 1.82) is 0 Å². The van der Waals surface area contributed by atoms with Crippen LogP contribution in [0.25, 0.3) is 11.5 Å². The maximum absolute atomic E-state index is 5.92. The minimum absolute atomic E-state index is 0.667. The summed E-state index contributed by atoms with van der Waals surface area (Å²) in [7, 11) is 0. The van der Waals surface area contributed by atoms with E-state index in [9.17, 15) is 0 Å². The Morgan fingerprint density at radius 2 is 2.08 bits per heavy atom. The Labute approximate surface area is 155 Å². The fraction of sp³-hybridized carbons (Fsp3) is 0.333. The van der Waals surface area contributed by atoms with Gasteiger partial charge in [-0.2, -0.15) is 0 Å². The molecule has 25 heavy (non-hydrogen) atoms. The van der Waals surface area contributed by atoms with Crippen molar-refractivity contribution in [1.82, 2.24) is 14.9 Å². The largest absolute Gasteiger partial charge is 0.441 e. The van der Waals surface area contributed by atoms with Gasteiger partial charge in [0.15, 0.2) is 5.13 Å². The third-order valence-electron chi connectivity index (χ3n) is 4.43. The number of hydrogen-bond donors (Lipinski definition) is 1. The lowest BCUT2D eigenvalue weighted by atomic mass is 10.1. The van der Waals surface area contributed by atoms with E-state index in [1.165, 1.54) is 9.77 Å². The first-order valence-corrected chi connectivity index (χ1v) is 10.2. The molecular formula is C18H20N4OS2. The van der Waals surface area contributed by atoms with Crippen molar-refractivity contribution in [3.8, 4) is 11.5 Å². The number of hydrogen-bond acceptors (Lipinski definition) is 7. The summed E-state index contributed by atoms with van der Waals surface area (Å²) in [4.78, 5) is 14.0. The fourth-order valence-corrected chi connectivity index (χ4v) is 4.38. The maximum atomic E-state index is 5.92. The summed E-state index contributed by atoms with van der Waals surface area (Å²) in [6, 6.07) is 8.32. The summed E-state index contributed by atoms with van der Waals surface area (Å²) >= 11 is 3.32. The molecule has 0 radical (unpaired) electrons. The van der Waals surface area contributed by atoms with Crippen LogP contribution in [-0.2, 0) is 19.5 Å². The van der Waals surface area contributed by atoms with Crippen LogP contribution in [0.15, 0.2) is 33.6 Å². The van der Waals surface area contributed by atoms with Crippen molar-refractivity contribution in [2.75, 3.05) is 18.5 Å². The van der Waals surface area contributed by atoms with Crippen LogP contribution < -0.4 is 5.73 Å². The highest BCUT2D eigenvalue weighted by Crippen LogP contribution is 2.29. The number of nitrogens with zero attached hydrogens (tertiary/aromatic N) is 3. The lowest BCUT2D eigenvalue weighted by molar-refractivity contribution is 0.243. The molecule has 130 valence electrons. The lowest BCUT2D eigenvalue weighted by Crippen LogP contribution is -2.29. The second-order valence-corrected chi connectivity index (χ2v) is 8.13. The van der Waals surface area contributed by atoms with Crippen LogP contribution >= 0.6 is 23.1 Å². The van der Waals surface area contributed by atoms with Crippen molar-refractivity contribution in [3.05, 3.63) is 46.3 Å². The van der Waals surface area contributed by atoms with Crippen LogP contribution in [0.5, 0.6) is 0 Å². The quantitative estimate of drug-likeness (QED) is 0.699. The number of rotatable bonds is 4. The van der Waals surface area contributed by atoms with Gasteiger partial charge in [0.05, 0.1) is 11.4 Å². The Kier molecular flexibility index (Phi) is 4.54. The summed E-state index contributed by atoms with van der Waals surface area (Å²) < 4.78 is 5.92. The summed E-state index contributed by atoms with van der Waals surface area (Å²) in [5.41, 5.74) is 9.01. The summed E-state index contributed by atoms with van der Waals surface area (Å²) in [5, 5.41) is 0.667. The molecule has 2 aromatic heterocycles. The maximum Gasteiger partial charge on any atom is 0.226 e. The van der Waals surface area contributed by atoms with Gasteiger partial charge in [-0.25, -0.2) is 9.97 Å². The molecule has 0 spiro atoms. The van der Waals surface area contributed by atoms with Gasteiger partial charge in [-0.3, -0.25) is 4.90 Å². The second kappa shape index (κ2) is 6.82. The van der Waals surface area contributed by atoms with Gasteiger partial charge in [-0.15, -0.1) is 23.1 Å². The van der Waals surface area contributed by atoms with Gasteiger partial charge in [-0.05, 0) is 37.4 Å². The molecule has 1 aliphatic heterocycles. The van der Waals surface area contributed by atoms with Gasteiger partial charge in [-0.1, -0.05) is 0 Å². The Morgan fingerprint density at radius 1 is 1.28 bits per heavy atom. The molecular weight excluding hydrogens is 352 g/mol. The first-order valence-electron chi connectivity index (χ1n) is 8.19. The van der Waals surface area contributed by atoms with E-state index in [0.717, 1.165) is 48.8 Å². The minimum Gasteiger partial charge on any atom is -0.441 e. The predicted octanol–water partition coefficient (Wildman–Crippen LogP) is 3.97. The Morgan fingerprint density at radius 3 is 2.84 bits per heavy atom. The molecule has 0 saturated carbocycles. The van der Waals surface area contributed by atoms with Crippen molar-refractivity contribution in [2.24, 2.45) is 0 Å². The smallest absolute Gasteiger partial charge is 0.226 e. The van der Waals surface area contributed by atoms with Crippen LogP contribution in [-0.4, -0.2) is 27.7 Å². The minimum atomic E-state index is 0.667. The molecule has 3 heterocycles. The van der Waals surface area contributed by atoms with E-state index in [2.05, 4.69) is 40.4 Å². The monoisotopic (exact) mass is 372 g/mol. The molecule has 0 bridgehead atoms. The van der Waals surface area contributed by atoms with Crippen molar-refractivity contribution >= 4 is 28.2 Å². The number of oxazole rings is 1. The van der Waals surface area contributed by atoms with Crippen LogP contribution in [0, 0.1) is 6.92 Å². The highest BCUT2D eigenvalue weighted by atomic mass is 32.2. The van der Waals surface area contributed by atoms with Crippen LogP contribution in [0.1, 0.15) is 22.0 Å². The van der Waals surface area contributed by atoms with E-state index in [0.29, 0.717) is 11.0 Å². The van der Waals surface area contributed by atoms with E-state index in [-0.39, 0.29) is 0 Å². The molecule has 2 N–H and O–H groups in total. The van der Waals surface area contributed by atoms with Gasteiger partial charge in [0.1, 0.15) is 5.76 Å². The number of nitrogen functional groups attached to an aromatic ring is 1. The number of thioether (sulfide) groups is 1. The predicted molar refractivity (Wildman–Crippen MR) is 103 cm³/mol. The summed E-state index contributed by atoms with van der Waals surface area (Å²) in [6.07, 6.45) is 3.02. The fourth-order valence-electron chi connectivity index (χ4n) is 3.05. The highest BCUT2D eigenvalue weighted by molar-refractivity contribution is 7.98. The molecule has 3 aromatic rings. The highest BCUT2D eigenvalue weighted by Gasteiger charge is 2.22. The molecule has 0 unspecified atom stereocenters. The number of fused-ring (bicyclic) bond motifs is 1. The average Bonchev–Trinajstić information content (AvgIpc) is 3.16. The summed E-state index contributed by atoms with van der Waals surface area (Å²) in [6.45, 7) is 4.63. The van der Waals surface area contributed by atoms with Crippen molar-refractivity contribution < 1.29 is 4.42 Å². The van der Waals surface area contributed by atoms with Gasteiger partial charge in [0, 0.05) is 41.4 Å². The SMILES string of the molecule is CSc1ccc(-c2nc(CN3CCc4nc(N)sc4C3)c(C)o2)cc1. The number of aromatic nitrogens is 2. The standard InChI is InChI=1S/C18H20N4OS2/c1-11-15(9-22-8-7-14-16(10-22)25-18(19)21-14)20-17(23-11)12-3-5-13(24-2)6-4-12/h3-6H,7-10H2,1-2H3,(H2,19,21). The second-order valence-electron chi connectivity index (χ2n) is 6.13. The van der Waals surface area contributed by atoms with Crippen molar-refractivity contribution in [2.45, 2.75) is 31.3 Å². The average molecular weight is 373 g/mol. The van der Waals surface area contributed by atoms with E-state index < -0.39 is 0 Å². The van der Waals surface area contributed by atoms with E-state index in [1.807, 2.05) is 6.92 Å². The molecule has 1 aromatic carbocycles.